The van der Waals surface area contributed by atoms with Crippen molar-refractivity contribution in [3.05, 3.63) is 52.8 Å². The van der Waals surface area contributed by atoms with Crippen LogP contribution in [0.15, 0.2) is 47.1 Å². The van der Waals surface area contributed by atoms with E-state index >= 15 is 0 Å². The number of hydrogen-bond acceptors (Lipinski definition) is 3. The highest BCUT2D eigenvalue weighted by atomic mass is 79.9. The van der Waals surface area contributed by atoms with Crippen molar-refractivity contribution in [3.63, 3.8) is 0 Å². The number of halogens is 1. The molecule has 2 aromatic rings. The summed E-state index contributed by atoms with van der Waals surface area (Å²) < 4.78 is 1.00. The van der Waals surface area contributed by atoms with Gasteiger partial charge < -0.3 is 10.6 Å². The molecule has 0 atom stereocenters. The zero-order chi connectivity index (χ0) is 13.0. The summed E-state index contributed by atoms with van der Waals surface area (Å²) in [6.07, 6.45) is 1.83. The van der Waals surface area contributed by atoms with Crippen molar-refractivity contribution in [1.29, 1.82) is 0 Å². The summed E-state index contributed by atoms with van der Waals surface area (Å²) in [4.78, 5) is 6.66. The second-order valence-corrected chi connectivity index (χ2v) is 4.99. The smallest absolute Gasteiger partial charge is 0.0601 e. The number of rotatable bonds is 4. The van der Waals surface area contributed by atoms with Crippen LogP contribution in [0.1, 0.15) is 12.6 Å². The summed E-state index contributed by atoms with van der Waals surface area (Å²) in [5.41, 5.74) is 8.71. The molecule has 0 bridgehead atoms. The van der Waals surface area contributed by atoms with Crippen LogP contribution < -0.4 is 10.6 Å². The molecular weight excluding hydrogens is 290 g/mol. The lowest BCUT2D eigenvalue weighted by atomic mass is 10.2. The van der Waals surface area contributed by atoms with E-state index in [1.807, 2.05) is 42.6 Å². The van der Waals surface area contributed by atoms with Gasteiger partial charge in [0.05, 0.1) is 12.2 Å². The Bertz CT molecular complexity index is 493. The number of pyridine rings is 1. The fourth-order valence-electron chi connectivity index (χ4n) is 1.77. The lowest BCUT2D eigenvalue weighted by molar-refractivity contribution is 0.809. The molecule has 2 rings (SSSR count). The van der Waals surface area contributed by atoms with Crippen molar-refractivity contribution < 1.29 is 0 Å². The molecule has 0 aliphatic rings. The lowest BCUT2D eigenvalue weighted by Crippen LogP contribution is -2.22. The molecule has 0 aliphatic carbocycles. The minimum atomic E-state index is 0.788. The molecule has 0 fully saturated rings. The largest absolute Gasteiger partial charge is 0.399 e. The highest BCUT2D eigenvalue weighted by molar-refractivity contribution is 9.10. The Kier molecular flexibility index (Phi) is 4.20. The molecule has 4 heteroatoms. The van der Waals surface area contributed by atoms with Crippen molar-refractivity contribution in [2.75, 3.05) is 17.2 Å². The highest BCUT2D eigenvalue weighted by Crippen LogP contribution is 2.18. The molecule has 1 aromatic carbocycles. The first kappa shape index (κ1) is 12.9. The fraction of sp³-hybridized carbons (Fsp3) is 0.214. The Hall–Kier alpha value is -1.55. The molecule has 0 saturated heterocycles. The van der Waals surface area contributed by atoms with E-state index in [0.29, 0.717) is 0 Å². The van der Waals surface area contributed by atoms with Crippen LogP contribution in [0.25, 0.3) is 0 Å². The molecule has 0 spiro atoms. The fourth-order valence-corrected chi connectivity index (χ4v) is 2.00. The Morgan fingerprint density at radius 3 is 2.44 bits per heavy atom. The van der Waals surface area contributed by atoms with E-state index in [-0.39, 0.29) is 0 Å². The van der Waals surface area contributed by atoms with E-state index in [1.54, 1.807) is 0 Å². The lowest BCUT2D eigenvalue weighted by Gasteiger charge is -2.22. The van der Waals surface area contributed by atoms with E-state index < -0.39 is 0 Å². The molecule has 0 aliphatic heterocycles. The Morgan fingerprint density at radius 1 is 1.17 bits per heavy atom. The van der Waals surface area contributed by atoms with E-state index in [2.05, 4.69) is 32.7 Å². The summed E-state index contributed by atoms with van der Waals surface area (Å²) >= 11 is 3.39. The van der Waals surface area contributed by atoms with Crippen molar-refractivity contribution in [2.45, 2.75) is 13.5 Å². The summed E-state index contributed by atoms with van der Waals surface area (Å²) in [5.74, 6) is 0. The molecule has 0 amide bonds. The van der Waals surface area contributed by atoms with Crippen LogP contribution in [0.3, 0.4) is 0 Å². The topological polar surface area (TPSA) is 42.2 Å². The Morgan fingerprint density at radius 2 is 1.89 bits per heavy atom. The van der Waals surface area contributed by atoms with Gasteiger partial charge >= 0.3 is 0 Å². The normalized spacial score (nSPS) is 10.3. The average Bonchev–Trinajstić information content (AvgIpc) is 2.39. The van der Waals surface area contributed by atoms with Gasteiger partial charge in [-0.15, -0.1) is 0 Å². The minimum absolute atomic E-state index is 0.788. The summed E-state index contributed by atoms with van der Waals surface area (Å²) in [5, 5.41) is 0. The number of aromatic nitrogens is 1. The van der Waals surface area contributed by atoms with Crippen molar-refractivity contribution in [1.82, 2.24) is 4.98 Å². The second kappa shape index (κ2) is 5.87. The molecule has 0 radical (unpaired) electrons. The third-order valence-corrected chi connectivity index (χ3v) is 3.25. The molecule has 0 unspecified atom stereocenters. The van der Waals surface area contributed by atoms with Gasteiger partial charge in [0.15, 0.2) is 0 Å². The average molecular weight is 306 g/mol. The first-order valence-electron chi connectivity index (χ1n) is 5.90. The highest BCUT2D eigenvalue weighted by Gasteiger charge is 2.05. The molecule has 18 heavy (non-hydrogen) atoms. The summed E-state index contributed by atoms with van der Waals surface area (Å²) in [6, 6.07) is 12.0. The molecule has 2 N–H and O–H groups in total. The zero-order valence-electron chi connectivity index (χ0n) is 10.3. The third kappa shape index (κ3) is 3.23. The quantitative estimate of drug-likeness (QED) is 0.880. The molecule has 1 heterocycles. The third-order valence-electron chi connectivity index (χ3n) is 2.78. The number of hydrogen-bond donors (Lipinski definition) is 1. The summed E-state index contributed by atoms with van der Waals surface area (Å²) in [7, 11) is 0. The van der Waals surface area contributed by atoms with Gasteiger partial charge in [-0.2, -0.15) is 0 Å². The number of benzene rings is 1. The van der Waals surface area contributed by atoms with Crippen molar-refractivity contribution >= 4 is 27.3 Å². The van der Waals surface area contributed by atoms with Crippen LogP contribution in [0.2, 0.25) is 0 Å². The maximum Gasteiger partial charge on any atom is 0.0601 e. The molecule has 3 nitrogen and oxygen atoms in total. The monoisotopic (exact) mass is 305 g/mol. The van der Waals surface area contributed by atoms with E-state index in [1.165, 1.54) is 0 Å². The first-order chi connectivity index (χ1) is 8.69. The molecule has 94 valence electrons. The number of nitrogen functional groups attached to an aromatic ring is 1. The zero-order valence-corrected chi connectivity index (χ0v) is 11.9. The van der Waals surface area contributed by atoms with Crippen LogP contribution in [0.4, 0.5) is 11.4 Å². The Labute approximate surface area is 116 Å². The van der Waals surface area contributed by atoms with Crippen LogP contribution in [0.5, 0.6) is 0 Å². The van der Waals surface area contributed by atoms with Gasteiger partial charge in [0.2, 0.25) is 0 Å². The maximum absolute atomic E-state index is 5.70. The van der Waals surface area contributed by atoms with Gasteiger partial charge in [0, 0.05) is 28.6 Å². The van der Waals surface area contributed by atoms with Crippen LogP contribution in [0, 0.1) is 0 Å². The first-order valence-corrected chi connectivity index (χ1v) is 6.69. The van der Waals surface area contributed by atoms with E-state index in [0.717, 1.165) is 34.6 Å². The number of anilines is 2. The predicted octanol–water partition coefficient (Wildman–Crippen LogP) is 3.45. The minimum Gasteiger partial charge on any atom is -0.399 e. The SMILES string of the molecule is CCN(Cc1ccc(Br)cn1)c1ccc(N)cc1. The Balaban J connectivity index is 2.14. The van der Waals surface area contributed by atoms with Gasteiger partial charge in [-0.3, -0.25) is 4.98 Å². The van der Waals surface area contributed by atoms with Gasteiger partial charge in [-0.25, -0.2) is 0 Å². The number of nitrogens with two attached hydrogens (primary N) is 1. The second-order valence-electron chi connectivity index (χ2n) is 4.07. The van der Waals surface area contributed by atoms with Gasteiger partial charge in [-0.05, 0) is 59.3 Å². The van der Waals surface area contributed by atoms with Crippen molar-refractivity contribution in [3.8, 4) is 0 Å². The van der Waals surface area contributed by atoms with Gasteiger partial charge in [0.25, 0.3) is 0 Å². The van der Waals surface area contributed by atoms with Crippen molar-refractivity contribution in [2.24, 2.45) is 0 Å². The molecular formula is C14H16BrN3. The van der Waals surface area contributed by atoms with Crippen LogP contribution in [-0.4, -0.2) is 11.5 Å². The van der Waals surface area contributed by atoms with Crippen LogP contribution >= 0.6 is 15.9 Å². The summed E-state index contributed by atoms with van der Waals surface area (Å²) in [6.45, 7) is 3.87. The predicted molar refractivity (Wildman–Crippen MR) is 79.5 cm³/mol. The van der Waals surface area contributed by atoms with Gasteiger partial charge in [0.1, 0.15) is 0 Å². The number of nitrogens with zero attached hydrogens (tertiary/aromatic N) is 2. The molecule has 1 aromatic heterocycles. The standard InChI is InChI=1S/C14H16BrN3/c1-2-18(14-7-4-12(16)5-8-14)10-13-6-3-11(15)9-17-13/h3-9H,2,10,16H2,1H3. The van der Waals surface area contributed by atoms with Gasteiger partial charge in [-0.1, -0.05) is 0 Å². The maximum atomic E-state index is 5.70. The molecule has 0 saturated carbocycles. The van der Waals surface area contributed by atoms with Crippen LogP contribution in [-0.2, 0) is 6.54 Å². The van der Waals surface area contributed by atoms with E-state index in [9.17, 15) is 0 Å². The van der Waals surface area contributed by atoms with E-state index in [4.69, 9.17) is 5.73 Å².